The van der Waals surface area contributed by atoms with Gasteiger partial charge in [0.1, 0.15) is 0 Å². The van der Waals surface area contributed by atoms with E-state index >= 15 is 0 Å². The number of hydrogen-bond acceptors (Lipinski definition) is 6. The van der Waals surface area contributed by atoms with E-state index in [2.05, 4.69) is 26.5 Å². The van der Waals surface area contributed by atoms with Crippen molar-refractivity contribution in [3.8, 4) is 23.0 Å². The zero-order valence-corrected chi connectivity index (χ0v) is 14.9. The van der Waals surface area contributed by atoms with Crippen LogP contribution in [0.3, 0.4) is 0 Å². The normalized spacial score (nSPS) is 11.2. The Morgan fingerprint density at radius 3 is 2.96 bits per heavy atom. The highest BCUT2D eigenvalue weighted by Gasteiger charge is 2.15. The first-order valence-electron chi connectivity index (χ1n) is 8.38. The number of methoxy groups -OCH3 is 1. The van der Waals surface area contributed by atoms with Crippen molar-refractivity contribution in [3.05, 3.63) is 49.1 Å². The van der Waals surface area contributed by atoms with Gasteiger partial charge in [-0.1, -0.05) is 6.08 Å². The first kappa shape index (κ1) is 17.6. The van der Waals surface area contributed by atoms with Crippen molar-refractivity contribution in [1.82, 2.24) is 19.4 Å². The molecular formula is C19H21N5O2. The lowest BCUT2D eigenvalue weighted by atomic mass is 10.1. The summed E-state index contributed by atoms with van der Waals surface area (Å²) in [7, 11) is 1.59. The molecule has 26 heavy (non-hydrogen) atoms. The van der Waals surface area contributed by atoms with Gasteiger partial charge in [0.05, 0.1) is 25.0 Å². The van der Waals surface area contributed by atoms with E-state index in [9.17, 15) is 0 Å². The predicted molar refractivity (Wildman–Crippen MR) is 101 cm³/mol. The molecule has 3 aromatic heterocycles. The van der Waals surface area contributed by atoms with Crippen molar-refractivity contribution in [2.45, 2.75) is 13.3 Å². The molecule has 0 aliphatic heterocycles. The Balaban J connectivity index is 2.08. The molecule has 7 nitrogen and oxygen atoms in total. The molecule has 7 heteroatoms. The quantitative estimate of drug-likeness (QED) is 0.354. The number of fused-ring (bicyclic) bond motifs is 1. The van der Waals surface area contributed by atoms with Gasteiger partial charge in [-0.25, -0.2) is 15.0 Å². The zero-order valence-electron chi connectivity index (χ0n) is 14.9. The summed E-state index contributed by atoms with van der Waals surface area (Å²) >= 11 is 0. The molecule has 134 valence electrons. The van der Waals surface area contributed by atoms with E-state index in [1.165, 1.54) is 0 Å². The summed E-state index contributed by atoms with van der Waals surface area (Å²) in [5.41, 5.74) is 2.98. The van der Waals surface area contributed by atoms with Gasteiger partial charge in [-0.15, -0.1) is 6.58 Å². The van der Waals surface area contributed by atoms with Gasteiger partial charge in [0, 0.05) is 43.1 Å². The summed E-state index contributed by atoms with van der Waals surface area (Å²) in [5.74, 6) is 0.951. The molecule has 0 fully saturated rings. The second kappa shape index (κ2) is 8.24. The molecule has 0 atom stereocenters. The summed E-state index contributed by atoms with van der Waals surface area (Å²) in [6.45, 7) is 6.89. The van der Waals surface area contributed by atoms with Crippen molar-refractivity contribution >= 4 is 11.9 Å². The monoisotopic (exact) mass is 351 g/mol. The van der Waals surface area contributed by atoms with E-state index in [0.717, 1.165) is 17.5 Å². The second-order valence-corrected chi connectivity index (χ2v) is 5.47. The van der Waals surface area contributed by atoms with Crippen LogP contribution in [0.15, 0.2) is 48.5 Å². The maximum atomic E-state index is 5.80. The molecular weight excluding hydrogens is 330 g/mol. The van der Waals surface area contributed by atoms with Crippen LogP contribution in [-0.2, 0) is 0 Å². The minimum Gasteiger partial charge on any atom is -0.481 e. The van der Waals surface area contributed by atoms with Crippen molar-refractivity contribution in [2.24, 2.45) is 4.99 Å². The average Bonchev–Trinajstić information content (AvgIpc) is 3.15. The third-order valence-corrected chi connectivity index (χ3v) is 3.67. The summed E-state index contributed by atoms with van der Waals surface area (Å²) in [6, 6.07) is 1.95. The van der Waals surface area contributed by atoms with E-state index in [1.54, 1.807) is 31.8 Å². The summed E-state index contributed by atoms with van der Waals surface area (Å²) < 4.78 is 13.1. The number of aliphatic imine (C=N–C) groups is 1. The molecule has 0 saturated carbocycles. The molecule has 0 unspecified atom stereocenters. The lowest BCUT2D eigenvalue weighted by Crippen LogP contribution is -2.03. The number of imidazole rings is 1. The maximum Gasteiger partial charge on any atom is 0.258 e. The van der Waals surface area contributed by atoms with Crippen molar-refractivity contribution in [3.63, 3.8) is 0 Å². The number of aromatic nitrogens is 4. The van der Waals surface area contributed by atoms with Crippen molar-refractivity contribution in [1.29, 1.82) is 0 Å². The summed E-state index contributed by atoms with van der Waals surface area (Å²) in [4.78, 5) is 17.6. The Morgan fingerprint density at radius 1 is 1.31 bits per heavy atom. The van der Waals surface area contributed by atoms with Gasteiger partial charge in [-0.05, 0) is 19.4 Å². The van der Waals surface area contributed by atoms with Gasteiger partial charge < -0.3 is 13.9 Å². The predicted octanol–water partition coefficient (Wildman–Crippen LogP) is 3.19. The molecule has 0 saturated heterocycles. The fraction of sp³-hybridized carbons (Fsp3) is 0.263. The van der Waals surface area contributed by atoms with E-state index in [4.69, 9.17) is 9.47 Å². The highest BCUT2D eigenvalue weighted by molar-refractivity contribution is 5.82. The summed E-state index contributed by atoms with van der Waals surface area (Å²) in [6.07, 6.45) is 11.5. The van der Waals surface area contributed by atoms with Gasteiger partial charge >= 0.3 is 0 Å². The molecule has 0 spiro atoms. The molecule has 0 amide bonds. The minimum atomic E-state index is 0.462. The molecule has 3 heterocycles. The standard InChI is InChI=1S/C19H21N5O2/c1-4-6-9-26-19-17-21-7-8-24(17)13-16(23-19)15-10-14(11-20-5-2)12-22-18(15)25-3/h4,7-8,10-13H,1,5-6,9H2,2-3H3/b20-11+. The van der Waals surface area contributed by atoms with Crippen LogP contribution in [0.2, 0.25) is 0 Å². The van der Waals surface area contributed by atoms with E-state index in [-0.39, 0.29) is 0 Å². The van der Waals surface area contributed by atoms with Gasteiger partial charge in [-0.3, -0.25) is 4.99 Å². The van der Waals surface area contributed by atoms with Gasteiger partial charge in [-0.2, -0.15) is 0 Å². The topological polar surface area (TPSA) is 73.9 Å². The maximum absolute atomic E-state index is 5.80. The van der Waals surface area contributed by atoms with Gasteiger partial charge in [0.25, 0.3) is 5.88 Å². The molecule has 0 bridgehead atoms. The molecule has 3 rings (SSSR count). The van der Waals surface area contributed by atoms with Crippen LogP contribution < -0.4 is 9.47 Å². The fourth-order valence-electron chi connectivity index (χ4n) is 2.45. The van der Waals surface area contributed by atoms with Crippen molar-refractivity contribution < 1.29 is 9.47 Å². The van der Waals surface area contributed by atoms with Gasteiger partial charge in [0.2, 0.25) is 11.5 Å². The summed E-state index contributed by atoms with van der Waals surface area (Å²) in [5, 5.41) is 0. The minimum absolute atomic E-state index is 0.462. The number of ether oxygens (including phenoxy) is 2. The third-order valence-electron chi connectivity index (χ3n) is 3.67. The highest BCUT2D eigenvalue weighted by atomic mass is 16.5. The first-order valence-corrected chi connectivity index (χ1v) is 8.38. The second-order valence-electron chi connectivity index (χ2n) is 5.47. The van der Waals surface area contributed by atoms with Crippen LogP contribution in [0.25, 0.3) is 16.9 Å². The SMILES string of the molecule is C=CCCOc1nc(-c2cc(/C=N/CC)cnc2OC)cn2ccnc12. The molecule has 0 aliphatic rings. The Labute approximate surface area is 152 Å². The third kappa shape index (κ3) is 3.72. The lowest BCUT2D eigenvalue weighted by molar-refractivity contribution is 0.314. The number of nitrogens with zero attached hydrogens (tertiary/aromatic N) is 5. The molecule has 3 aromatic rings. The Bertz CT molecular complexity index is 933. The van der Waals surface area contributed by atoms with Crippen LogP contribution in [0, 0.1) is 0 Å². The number of hydrogen-bond donors (Lipinski definition) is 0. The Kier molecular flexibility index (Phi) is 5.58. The van der Waals surface area contributed by atoms with E-state index in [1.807, 2.05) is 29.8 Å². The van der Waals surface area contributed by atoms with Gasteiger partial charge in [0.15, 0.2) is 0 Å². The first-order chi connectivity index (χ1) is 12.8. The van der Waals surface area contributed by atoms with E-state index in [0.29, 0.717) is 36.3 Å². The fourth-order valence-corrected chi connectivity index (χ4v) is 2.45. The Hall–Kier alpha value is -3.22. The number of rotatable bonds is 8. The van der Waals surface area contributed by atoms with Crippen LogP contribution in [0.4, 0.5) is 0 Å². The number of pyridine rings is 1. The molecule has 0 aromatic carbocycles. The van der Waals surface area contributed by atoms with Crippen LogP contribution in [-0.4, -0.2) is 45.8 Å². The Morgan fingerprint density at radius 2 is 2.19 bits per heavy atom. The van der Waals surface area contributed by atoms with Crippen LogP contribution in [0.5, 0.6) is 11.8 Å². The molecule has 0 radical (unpaired) electrons. The zero-order chi connectivity index (χ0) is 18.4. The van der Waals surface area contributed by atoms with Crippen LogP contribution in [0.1, 0.15) is 18.9 Å². The molecule has 0 aliphatic carbocycles. The largest absolute Gasteiger partial charge is 0.481 e. The van der Waals surface area contributed by atoms with E-state index < -0.39 is 0 Å². The van der Waals surface area contributed by atoms with Crippen molar-refractivity contribution in [2.75, 3.05) is 20.3 Å². The highest BCUT2D eigenvalue weighted by Crippen LogP contribution is 2.29. The van der Waals surface area contributed by atoms with Crippen LogP contribution >= 0.6 is 0 Å². The average molecular weight is 351 g/mol. The smallest absolute Gasteiger partial charge is 0.258 e. The lowest BCUT2D eigenvalue weighted by Gasteiger charge is -2.11. The molecule has 0 N–H and O–H groups in total.